The van der Waals surface area contributed by atoms with Gasteiger partial charge in [-0.3, -0.25) is 14.5 Å². The predicted octanol–water partition coefficient (Wildman–Crippen LogP) is 5.09. The number of hydrogen-bond donors (Lipinski definition) is 2. The Hall–Kier alpha value is -3.19. The van der Waals surface area contributed by atoms with Crippen molar-refractivity contribution < 1.29 is 31.9 Å². The molecule has 10 nitrogen and oxygen atoms in total. The van der Waals surface area contributed by atoms with Gasteiger partial charge in [-0.05, 0) is 110 Å². The summed E-state index contributed by atoms with van der Waals surface area (Å²) in [4.78, 5) is 30.5. The van der Waals surface area contributed by atoms with Crippen LogP contribution < -0.4 is 19.7 Å². The highest BCUT2D eigenvalue weighted by molar-refractivity contribution is 7.90. The Kier molecular flexibility index (Phi) is 10.2. The third-order valence-corrected chi connectivity index (χ3v) is 14.4. The zero-order chi connectivity index (χ0) is 36.1. The summed E-state index contributed by atoms with van der Waals surface area (Å²) in [7, 11) is -2.29. The van der Waals surface area contributed by atoms with E-state index in [0.29, 0.717) is 82.0 Å². The van der Waals surface area contributed by atoms with Crippen LogP contribution in [0.15, 0.2) is 42.0 Å². The minimum atomic E-state index is -4.04. The Morgan fingerprint density at radius 1 is 1.12 bits per heavy atom. The molecule has 6 atom stereocenters. The van der Waals surface area contributed by atoms with Gasteiger partial charge in [-0.2, -0.15) is 0 Å². The van der Waals surface area contributed by atoms with Gasteiger partial charge < -0.3 is 19.7 Å². The quantitative estimate of drug-likeness (QED) is 0.418. The van der Waals surface area contributed by atoms with Crippen molar-refractivity contribution in [3.05, 3.63) is 69.5 Å². The maximum Gasteiger partial charge on any atom is 0.264 e. The van der Waals surface area contributed by atoms with Crippen molar-refractivity contribution in [2.24, 2.45) is 23.7 Å². The third-order valence-electron chi connectivity index (χ3n) is 12.3. The summed E-state index contributed by atoms with van der Waals surface area (Å²) in [6, 6.07) is 8.51. The molecule has 2 aromatic carbocycles. The number of carbonyl (C=O) groups is 2. The van der Waals surface area contributed by atoms with E-state index >= 15 is 4.39 Å². The molecule has 2 amide bonds. The Balaban J connectivity index is 1.36. The fourth-order valence-corrected chi connectivity index (χ4v) is 10.3. The molecule has 4 heterocycles. The first-order chi connectivity index (χ1) is 24.4. The number of anilines is 1. The zero-order valence-corrected chi connectivity index (χ0v) is 31.1. The highest BCUT2D eigenvalue weighted by atomic mass is 35.5. The molecule has 2 fully saturated rings. The van der Waals surface area contributed by atoms with Crippen molar-refractivity contribution in [1.29, 1.82) is 0 Å². The van der Waals surface area contributed by atoms with E-state index in [-0.39, 0.29) is 46.7 Å². The van der Waals surface area contributed by atoms with Gasteiger partial charge in [-0.1, -0.05) is 30.7 Å². The Labute approximate surface area is 305 Å². The second kappa shape index (κ2) is 14.3. The number of benzene rings is 2. The average Bonchev–Trinajstić information content (AvgIpc) is 3.09. The summed E-state index contributed by atoms with van der Waals surface area (Å²) in [6.07, 6.45) is 6.61. The Morgan fingerprint density at radius 3 is 2.65 bits per heavy atom. The molecule has 276 valence electrons. The third kappa shape index (κ3) is 6.89. The van der Waals surface area contributed by atoms with E-state index in [0.717, 1.165) is 24.0 Å². The number of nitrogens with one attached hydrogen (secondary N) is 2. The number of hydrogen-bond acceptors (Lipinski definition) is 8. The lowest BCUT2D eigenvalue weighted by Gasteiger charge is -2.56. The van der Waals surface area contributed by atoms with Crippen molar-refractivity contribution in [2.75, 3.05) is 51.3 Å². The highest BCUT2D eigenvalue weighted by Crippen LogP contribution is 2.53. The topological polar surface area (TPSA) is 117 Å². The SMILES string of the molecule is CO[C@@]1(CN2CCNC(=O)C2)C2=C[C@@H](C2)[C@H](C)[C@@H](C)S(=O)(=O)NC(=O)c2ccc3c(c2)N(Cc2ccc(Cl)c(F)c2CCCCO3)C[C@@H]2CC[C@H]21. The second-order valence-electron chi connectivity index (χ2n) is 15.1. The predicted molar refractivity (Wildman–Crippen MR) is 194 cm³/mol. The van der Waals surface area contributed by atoms with E-state index in [1.807, 2.05) is 13.0 Å². The number of nitrogens with zero attached hydrogens (tertiary/aromatic N) is 2. The minimum absolute atomic E-state index is 0.0111. The van der Waals surface area contributed by atoms with E-state index in [9.17, 15) is 18.0 Å². The lowest BCUT2D eigenvalue weighted by Crippen LogP contribution is -2.61. The van der Waals surface area contributed by atoms with Gasteiger partial charge in [0.2, 0.25) is 15.9 Å². The molecule has 13 heteroatoms. The normalized spacial score (nSPS) is 31.2. The Morgan fingerprint density at radius 2 is 1.92 bits per heavy atom. The van der Waals surface area contributed by atoms with E-state index in [4.69, 9.17) is 21.1 Å². The molecule has 1 saturated heterocycles. The van der Waals surface area contributed by atoms with Crippen molar-refractivity contribution in [2.45, 2.75) is 69.8 Å². The first kappa shape index (κ1) is 36.2. The molecule has 6 aliphatic rings. The van der Waals surface area contributed by atoms with Crippen molar-refractivity contribution in [1.82, 2.24) is 14.9 Å². The van der Waals surface area contributed by atoms with E-state index in [1.54, 1.807) is 38.3 Å². The van der Waals surface area contributed by atoms with Crippen molar-refractivity contribution >= 4 is 39.1 Å². The number of rotatable bonds is 3. The van der Waals surface area contributed by atoms with E-state index < -0.39 is 32.6 Å². The van der Waals surface area contributed by atoms with Gasteiger partial charge in [0.25, 0.3) is 5.91 Å². The molecule has 51 heavy (non-hydrogen) atoms. The molecule has 0 aromatic heterocycles. The summed E-state index contributed by atoms with van der Waals surface area (Å²) < 4.78 is 58.3. The van der Waals surface area contributed by atoms with Gasteiger partial charge in [0.05, 0.1) is 29.1 Å². The van der Waals surface area contributed by atoms with Crippen LogP contribution >= 0.6 is 11.6 Å². The lowest BCUT2D eigenvalue weighted by molar-refractivity contribution is -0.130. The van der Waals surface area contributed by atoms with Crippen LogP contribution in [0.5, 0.6) is 5.75 Å². The van der Waals surface area contributed by atoms with Crippen LogP contribution in [-0.4, -0.2) is 82.4 Å². The molecule has 0 spiro atoms. The molecule has 2 aliphatic carbocycles. The number of allylic oxidation sites excluding steroid dienone is 1. The minimum Gasteiger partial charge on any atom is -0.491 e. The fourth-order valence-electron chi connectivity index (χ4n) is 8.81. The van der Waals surface area contributed by atoms with Crippen molar-refractivity contribution in [3.63, 3.8) is 0 Å². The molecule has 2 N–H and O–H groups in total. The number of piperazine rings is 1. The standard InChI is InChI=1S/C38H48ClFN4O6S/c1-23-24(2)51(47,48)42-37(46)25-9-12-34-33(18-25)44(19-26-8-11-32(39)36(40)30(26)6-4-5-15-50-34)20-27-7-10-31(27)38(49-3,29-16-28(23)17-29)22-43-14-13-41-35(45)21-43/h8-9,11-12,16,18,23-24,27-28,31H,4-7,10,13-15,17,19-22H2,1-3H3,(H,41,45)(H,42,46)/t23-,24-,27+,28+,31-,38+/m1/s1. The first-order valence-electron chi connectivity index (χ1n) is 18.2. The van der Waals surface area contributed by atoms with Crippen LogP contribution in [0, 0.1) is 29.5 Å². The number of sulfonamides is 1. The summed E-state index contributed by atoms with van der Waals surface area (Å²) in [5.74, 6) is -0.571. The van der Waals surface area contributed by atoms with Crippen LogP contribution in [0.25, 0.3) is 0 Å². The number of carbonyl (C=O) groups excluding carboxylic acids is 2. The molecule has 0 unspecified atom stereocenters. The van der Waals surface area contributed by atoms with Crippen LogP contribution in [0.1, 0.15) is 67.4 Å². The molecular formula is C38H48ClFN4O6S. The van der Waals surface area contributed by atoms with Crippen LogP contribution in [0.2, 0.25) is 5.02 Å². The molecule has 1 saturated carbocycles. The average molecular weight is 743 g/mol. The van der Waals surface area contributed by atoms with Crippen LogP contribution in [0.4, 0.5) is 10.1 Å². The first-order valence-corrected chi connectivity index (χ1v) is 20.1. The van der Waals surface area contributed by atoms with Gasteiger partial charge in [0.1, 0.15) is 17.2 Å². The number of amides is 2. The fraction of sp³-hybridized carbons (Fsp3) is 0.579. The van der Waals surface area contributed by atoms with E-state index in [2.05, 4.69) is 25.9 Å². The molecule has 4 aliphatic heterocycles. The summed E-state index contributed by atoms with van der Waals surface area (Å²) in [5.41, 5.74) is 2.66. The van der Waals surface area contributed by atoms with Crippen LogP contribution in [-0.2, 0) is 32.5 Å². The van der Waals surface area contributed by atoms with E-state index in [1.165, 1.54) is 0 Å². The summed E-state index contributed by atoms with van der Waals surface area (Å²) in [6.45, 7) is 6.98. The molecular weight excluding hydrogens is 695 g/mol. The summed E-state index contributed by atoms with van der Waals surface area (Å²) in [5, 5.41) is 2.17. The van der Waals surface area contributed by atoms with Gasteiger partial charge in [-0.25, -0.2) is 17.5 Å². The van der Waals surface area contributed by atoms with Gasteiger partial charge in [-0.15, -0.1) is 0 Å². The maximum atomic E-state index is 15.6. The zero-order valence-electron chi connectivity index (χ0n) is 29.6. The second-order valence-corrected chi connectivity index (χ2v) is 17.5. The van der Waals surface area contributed by atoms with Gasteiger partial charge >= 0.3 is 0 Å². The molecule has 0 radical (unpaired) electrons. The molecule has 4 bridgehead atoms. The van der Waals surface area contributed by atoms with Crippen molar-refractivity contribution in [3.8, 4) is 5.75 Å². The maximum absolute atomic E-state index is 15.6. The number of fused-ring (bicyclic) bond motifs is 5. The monoisotopic (exact) mass is 742 g/mol. The lowest BCUT2D eigenvalue weighted by atomic mass is 9.58. The van der Waals surface area contributed by atoms with Gasteiger partial charge in [0.15, 0.2) is 0 Å². The largest absolute Gasteiger partial charge is 0.491 e. The highest BCUT2D eigenvalue weighted by Gasteiger charge is 2.54. The summed E-state index contributed by atoms with van der Waals surface area (Å²) >= 11 is 6.29. The molecule has 8 rings (SSSR count). The van der Waals surface area contributed by atoms with Crippen LogP contribution in [0.3, 0.4) is 0 Å². The number of halogens is 2. The molecule has 2 aromatic rings. The number of ether oxygens (including phenoxy) is 2. The van der Waals surface area contributed by atoms with Gasteiger partial charge in [0, 0.05) is 45.4 Å². The Bertz CT molecular complexity index is 1840. The number of methoxy groups -OCH3 is 1. The smallest absolute Gasteiger partial charge is 0.264 e.